The Morgan fingerprint density at radius 1 is 0.682 bits per heavy atom. The predicted octanol–water partition coefficient (Wildman–Crippen LogP) is 5.64. The number of rotatable bonds is 19. The fourth-order valence-corrected chi connectivity index (χ4v) is 2.87. The Labute approximate surface area is 140 Å². The summed E-state index contributed by atoms with van der Waals surface area (Å²) in [5, 5.41) is 11.8. The zero-order valence-electron chi connectivity index (χ0n) is 15.3. The van der Waals surface area contributed by atoms with Crippen LogP contribution in [-0.4, -0.2) is 24.8 Å². The Balaban J connectivity index is 2.91. The molecule has 0 saturated carbocycles. The summed E-state index contributed by atoms with van der Waals surface area (Å²) >= 11 is 0. The number of hydrogen-bond donors (Lipinski definition) is 2. The van der Waals surface area contributed by atoms with E-state index in [4.69, 9.17) is 5.11 Å². The van der Waals surface area contributed by atoms with Crippen molar-refractivity contribution in [2.45, 2.75) is 103 Å². The van der Waals surface area contributed by atoms with E-state index in [1.807, 2.05) is 0 Å². The lowest BCUT2D eigenvalue weighted by Crippen LogP contribution is -2.19. The van der Waals surface area contributed by atoms with Gasteiger partial charge in [0, 0.05) is 6.54 Å². The average molecular weight is 313 g/mol. The highest BCUT2D eigenvalue weighted by molar-refractivity contribution is 4.67. The second kappa shape index (κ2) is 20.9. The third kappa shape index (κ3) is 19.9. The van der Waals surface area contributed by atoms with E-state index in [-0.39, 0.29) is 6.61 Å². The Morgan fingerprint density at radius 3 is 1.59 bits per heavy atom. The van der Waals surface area contributed by atoms with Crippen LogP contribution in [0.15, 0.2) is 0 Å². The Morgan fingerprint density at radius 2 is 1.14 bits per heavy atom. The highest BCUT2D eigenvalue weighted by Gasteiger charge is 1.94. The van der Waals surface area contributed by atoms with Gasteiger partial charge in [-0.25, -0.2) is 0 Å². The third-order valence-electron chi connectivity index (χ3n) is 4.34. The molecule has 133 valence electrons. The van der Waals surface area contributed by atoms with Gasteiger partial charge in [-0.15, -0.1) is 0 Å². The SMILES string of the molecule is CCCCCCCCCCCCCCCC[CH]CNCCO. The molecular weight excluding hydrogens is 270 g/mol. The summed E-state index contributed by atoms with van der Waals surface area (Å²) in [6.07, 6.45) is 23.5. The molecule has 0 aliphatic rings. The minimum absolute atomic E-state index is 0.243. The smallest absolute Gasteiger partial charge is 0.0555 e. The summed E-state index contributed by atoms with van der Waals surface area (Å²) in [6, 6.07) is 0. The van der Waals surface area contributed by atoms with Gasteiger partial charge in [0.15, 0.2) is 0 Å². The van der Waals surface area contributed by atoms with E-state index in [0.717, 1.165) is 13.1 Å². The van der Waals surface area contributed by atoms with Crippen molar-refractivity contribution in [1.82, 2.24) is 5.32 Å². The molecule has 0 aliphatic carbocycles. The number of hydrogen-bond acceptors (Lipinski definition) is 2. The van der Waals surface area contributed by atoms with Crippen LogP contribution < -0.4 is 5.32 Å². The van der Waals surface area contributed by atoms with E-state index >= 15 is 0 Å². The maximum atomic E-state index is 8.62. The van der Waals surface area contributed by atoms with Crippen LogP contribution in [0.5, 0.6) is 0 Å². The van der Waals surface area contributed by atoms with Crippen molar-refractivity contribution in [2.24, 2.45) is 0 Å². The topological polar surface area (TPSA) is 32.3 Å². The van der Waals surface area contributed by atoms with Gasteiger partial charge < -0.3 is 10.4 Å². The predicted molar refractivity (Wildman–Crippen MR) is 99.2 cm³/mol. The van der Waals surface area contributed by atoms with Crippen LogP contribution in [0.2, 0.25) is 0 Å². The number of nitrogens with one attached hydrogen (secondary N) is 1. The summed E-state index contributed by atoms with van der Waals surface area (Å²) in [5.41, 5.74) is 0. The molecule has 0 heterocycles. The summed E-state index contributed by atoms with van der Waals surface area (Å²) < 4.78 is 0. The van der Waals surface area contributed by atoms with Gasteiger partial charge in [-0.1, -0.05) is 96.8 Å². The van der Waals surface area contributed by atoms with E-state index in [1.165, 1.54) is 96.3 Å². The van der Waals surface area contributed by atoms with E-state index in [2.05, 4.69) is 18.7 Å². The zero-order chi connectivity index (χ0) is 16.1. The molecule has 0 aliphatic heterocycles. The second-order valence-corrected chi connectivity index (χ2v) is 6.60. The summed E-state index contributed by atoms with van der Waals surface area (Å²) in [5.74, 6) is 0. The fraction of sp³-hybridized carbons (Fsp3) is 0.950. The van der Waals surface area contributed by atoms with E-state index in [9.17, 15) is 0 Å². The van der Waals surface area contributed by atoms with Crippen LogP contribution in [-0.2, 0) is 0 Å². The molecule has 0 bridgehead atoms. The third-order valence-corrected chi connectivity index (χ3v) is 4.34. The van der Waals surface area contributed by atoms with Crippen molar-refractivity contribution in [3.8, 4) is 0 Å². The van der Waals surface area contributed by atoms with Crippen molar-refractivity contribution in [2.75, 3.05) is 19.7 Å². The molecule has 2 nitrogen and oxygen atoms in total. The van der Waals surface area contributed by atoms with Crippen molar-refractivity contribution < 1.29 is 5.11 Å². The molecule has 0 atom stereocenters. The number of aliphatic hydroxyl groups is 1. The fourth-order valence-electron chi connectivity index (χ4n) is 2.87. The van der Waals surface area contributed by atoms with Gasteiger partial charge in [0.05, 0.1) is 6.61 Å². The van der Waals surface area contributed by atoms with Crippen LogP contribution in [0, 0.1) is 6.42 Å². The summed E-state index contributed by atoms with van der Waals surface area (Å²) in [6.45, 7) is 4.19. The summed E-state index contributed by atoms with van der Waals surface area (Å²) in [4.78, 5) is 0. The quantitative estimate of drug-likeness (QED) is 0.302. The average Bonchev–Trinajstić information content (AvgIpc) is 2.54. The highest BCUT2D eigenvalue weighted by atomic mass is 16.3. The van der Waals surface area contributed by atoms with Gasteiger partial charge >= 0.3 is 0 Å². The highest BCUT2D eigenvalue weighted by Crippen LogP contribution is 2.13. The van der Waals surface area contributed by atoms with Crippen molar-refractivity contribution in [3.63, 3.8) is 0 Å². The molecule has 2 N–H and O–H groups in total. The molecule has 0 unspecified atom stereocenters. The summed E-state index contributed by atoms with van der Waals surface area (Å²) in [7, 11) is 0. The first-order chi connectivity index (χ1) is 10.9. The minimum atomic E-state index is 0.243. The molecule has 0 amide bonds. The maximum absolute atomic E-state index is 8.62. The van der Waals surface area contributed by atoms with Crippen molar-refractivity contribution >= 4 is 0 Å². The Bertz CT molecular complexity index is 165. The van der Waals surface area contributed by atoms with Crippen LogP contribution in [0.3, 0.4) is 0 Å². The molecule has 2 heteroatoms. The van der Waals surface area contributed by atoms with Gasteiger partial charge in [0.25, 0.3) is 0 Å². The molecular formula is C20H42NO. The zero-order valence-corrected chi connectivity index (χ0v) is 15.3. The molecule has 0 rings (SSSR count). The van der Waals surface area contributed by atoms with Gasteiger partial charge in [-0.3, -0.25) is 0 Å². The van der Waals surface area contributed by atoms with Crippen LogP contribution >= 0.6 is 0 Å². The lowest BCUT2D eigenvalue weighted by molar-refractivity contribution is 0.294. The lowest BCUT2D eigenvalue weighted by atomic mass is 10.0. The molecule has 0 aromatic carbocycles. The molecule has 1 radical (unpaired) electrons. The van der Waals surface area contributed by atoms with Gasteiger partial charge in [0.1, 0.15) is 0 Å². The van der Waals surface area contributed by atoms with Gasteiger partial charge in [0.2, 0.25) is 0 Å². The van der Waals surface area contributed by atoms with Gasteiger partial charge in [-0.05, 0) is 19.4 Å². The number of unbranched alkanes of at least 4 members (excludes halogenated alkanes) is 15. The maximum Gasteiger partial charge on any atom is 0.0555 e. The normalized spacial score (nSPS) is 11.2. The van der Waals surface area contributed by atoms with E-state index in [0.29, 0.717) is 0 Å². The first-order valence-electron chi connectivity index (χ1n) is 10.0. The monoisotopic (exact) mass is 312 g/mol. The van der Waals surface area contributed by atoms with Crippen LogP contribution in [0.1, 0.15) is 103 Å². The standard InChI is InChI=1S/C20H42NO/c1-2-3-4-5-6-7-8-9-10-11-12-13-14-15-16-17-18-21-19-20-22/h17,21-22H,2-16,18-20H2,1H3. The molecule has 0 fully saturated rings. The second-order valence-electron chi connectivity index (χ2n) is 6.60. The largest absolute Gasteiger partial charge is 0.395 e. The molecule has 0 spiro atoms. The van der Waals surface area contributed by atoms with E-state index in [1.54, 1.807) is 0 Å². The molecule has 22 heavy (non-hydrogen) atoms. The van der Waals surface area contributed by atoms with Crippen molar-refractivity contribution in [3.05, 3.63) is 6.42 Å². The first-order valence-corrected chi connectivity index (χ1v) is 10.0. The first kappa shape index (κ1) is 21.9. The van der Waals surface area contributed by atoms with Crippen LogP contribution in [0.25, 0.3) is 0 Å². The number of aliphatic hydroxyl groups excluding tert-OH is 1. The van der Waals surface area contributed by atoms with Crippen LogP contribution in [0.4, 0.5) is 0 Å². The molecule has 0 saturated heterocycles. The Hall–Kier alpha value is -0.0800. The van der Waals surface area contributed by atoms with Crippen molar-refractivity contribution in [1.29, 1.82) is 0 Å². The van der Waals surface area contributed by atoms with E-state index < -0.39 is 0 Å². The van der Waals surface area contributed by atoms with Gasteiger partial charge in [-0.2, -0.15) is 0 Å². The Kier molecular flexibility index (Phi) is 20.8. The minimum Gasteiger partial charge on any atom is -0.395 e. The lowest BCUT2D eigenvalue weighted by Gasteiger charge is -2.04. The molecule has 0 aromatic rings. The molecule has 0 aromatic heterocycles.